The van der Waals surface area contributed by atoms with Crippen molar-refractivity contribution in [2.45, 2.75) is 12.5 Å². The molecule has 1 fully saturated rings. The van der Waals surface area contributed by atoms with Crippen LogP contribution in [0.25, 0.3) is 0 Å². The van der Waals surface area contributed by atoms with Gasteiger partial charge in [-0.15, -0.1) is 0 Å². The van der Waals surface area contributed by atoms with Crippen LogP contribution in [0.1, 0.15) is 12.1 Å². The summed E-state index contributed by atoms with van der Waals surface area (Å²) < 4.78 is 0. The Morgan fingerprint density at radius 1 is 1.47 bits per heavy atom. The predicted octanol–water partition coefficient (Wildman–Crippen LogP) is -0.472. The first-order valence-corrected chi connectivity index (χ1v) is 5.51. The molecule has 2 heterocycles. The molecule has 0 saturated carbocycles. The fourth-order valence-electron chi connectivity index (χ4n) is 2.03. The van der Waals surface area contributed by atoms with Crippen molar-refractivity contribution in [3.8, 4) is 6.07 Å². The van der Waals surface area contributed by atoms with Gasteiger partial charge in [0.1, 0.15) is 6.07 Å². The van der Waals surface area contributed by atoms with Crippen LogP contribution in [0.3, 0.4) is 0 Å². The summed E-state index contributed by atoms with van der Waals surface area (Å²) in [5, 5.41) is 27.8. The molecule has 1 aliphatic heterocycles. The number of nitrogens with zero attached hydrogens (tertiary/aromatic N) is 4. The Labute approximate surface area is 99.2 Å². The monoisotopic (exact) mass is 234 g/mol. The third kappa shape index (κ3) is 2.35. The van der Waals surface area contributed by atoms with E-state index in [4.69, 9.17) is 10.4 Å². The number of hydrogen-bond donors (Lipinski definition) is 2. The van der Waals surface area contributed by atoms with Crippen LogP contribution < -0.4 is 4.90 Å². The van der Waals surface area contributed by atoms with E-state index in [-0.39, 0.29) is 18.2 Å². The molecule has 0 radical (unpaired) electrons. The first-order valence-electron chi connectivity index (χ1n) is 5.51. The Balaban J connectivity index is 2.17. The smallest absolute Gasteiger partial charge is 0.183 e. The lowest BCUT2D eigenvalue weighted by molar-refractivity contribution is 0.0546. The SMILES string of the molecule is N#Cc1nccnc1N1CC[C@H](CO)[C@H](O)C1. The van der Waals surface area contributed by atoms with Crippen LogP contribution in [0.15, 0.2) is 12.4 Å². The summed E-state index contributed by atoms with van der Waals surface area (Å²) in [6.07, 6.45) is 3.08. The molecule has 90 valence electrons. The van der Waals surface area contributed by atoms with Crippen molar-refractivity contribution in [1.82, 2.24) is 9.97 Å². The third-order valence-corrected chi connectivity index (χ3v) is 3.04. The highest BCUT2D eigenvalue weighted by Gasteiger charge is 2.28. The van der Waals surface area contributed by atoms with E-state index in [1.807, 2.05) is 11.0 Å². The molecular weight excluding hydrogens is 220 g/mol. The Bertz CT molecular complexity index is 432. The molecule has 0 spiro atoms. The van der Waals surface area contributed by atoms with E-state index in [1.54, 1.807) is 0 Å². The van der Waals surface area contributed by atoms with Crippen LogP contribution in [0.4, 0.5) is 5.82 Å². The lowest BCUT2D eigenvalue weighted by atomic mass is 9.95. The van der Waals surface area contributed by atoms with Crippen LogP contribution >= 0.6 is 0 Å². The van der Waals surface area contributed by atoms with Gasteiger partial charge in [0, 0.05) is 38.0 Å². The van der Waals surface area contributed by atoms with Crippen LogP contribution in [0.2, 0.25) is 0 Å². The zero-order valence-corrected chi connectivity index (χ0v) is 9.32. The van der Waals surface area contributed by atoms with Crippen molar-refractivity contribution in [3.05, 3.63) is 18.1 Å². The molecule has 6 nitrogen and oxygen atoms in total. The van der Waals surface area contributed by atoms with E-state index in [0.29, 0.717) is 25.3 Å². The fourth-order valence-corrected chi connectivity index (χ4v) is 2.03. The van der Waals surface area contributed by atoms with Crippen molar-refractivity contribution >= 4 is 5.82 Å². The van der Waals surface area contributed by atoms with E-state index in [1.165, 1.54) is 12.4 Å². The maximum absolute atomic E-state index is 9.83. The standard InChI is InChI=1S/C11H14N4O2/c12-5-9-11(14-3-2-13-9)15-4-1-8(7-16)10(17)6-15/h2-3,8,10,16-17H,1,4,6-7H2/t8-,10-/m1/s1. The molecular formula is C11H14N4O2. The topological polar surface area (TPSA) is 93.3 Å². The number of rotatable bonds is 2. The molecule has 6 heteroatoms. The van der Waals surface area contributed by atoms with E-state index >= 15 is 0 Å². The second-order valence-corrected chi connectivity index (χ2v) is 4.09. The molecule has 2 N–H and O–H groups in total. The maximum atomic E-state index is 9.83. The van der Waals surface area contributed by atoms with Gasteiger partial charge in [-0.3, -0.25) is 0 Å². The second kappa shape index (κ2) is 5.08. The first kappa shape index (κ1) is 11.8. The van der Waals surface area contributed by atoms with Gasteiger partial charge in [-0.2, -0.15) is 5.26 Å². The number of nitriles is 1. The number of anilines is 1. The zero-order valence-electron chi connectivity index (χ0n) is 9.32. The van der Waals surface area contributed by atoms with E-state index in [2.05, 4.69) is 9.97 Å². The maximum Gasteiger partial charge on any atom is 0.183 e. The van der Waals surface area contributed by atoms with Crippen molar-refractivity contribution in [2.75, 3.05) is 24.6 Å². The average Bonchev–Trinajstić information content (AvgIpc) is 2.38. The molecule has 17 heavy (non-hydrogen) atoms. The summed E-state index contributed by atoms with van der Waals surface area (Å²) in [5.74, 6) is 0.416. The van der Waals surface area contributed by atoms with Gasteiger partial charge in [0.15, 0.2) is 11.5 Å². The van der Waals surface area contributed by atoms with Gasteiger partial charge < -0.3 is 15.1 Å². The molecule has 2 rings (SSSR count). The summed E-state index contributed by atoms with van der Waals surface area (Å²) in [6, 6.07) is 1.99. The Morgan fingerprint density at radius 2 is 2.24 bits per heavy atom. The van der Waals surface area contributed by atoms with E-state index < -0.39 is 6.10 Å². The second-order valence-electron chi connectivity index (χ2n) is 4.09. The molecule has 0 amide bonds. The zero-order chi connectivity index (χ0) is 12.3. The molecule has 1 saturated heterocycles. The van der Waals surface area contributed by atoms with Gasteiger partial charge in [0.05, 0.1) is 6.10 Å². The first-order chi connectivity index (χ1) is 8.26. The molecule has 0 aromatic carbocycles. The molecule has 2 atom stereocenters. The predicted molar refractivity (Wildman–Crippen MR) is 60.2 cm³/mol. The molecule has 1 aromatic heterocycles. The fraction of sp³-hybridized carbons (Fsp3) is 0.545. The Hall–Kier alpha value is -1.71. The summed E-state index contributed by atoms with van der Waals surface area (Å²) in [6.45, 7) is 1.02. The Morgan fingerprint density at radius 3 is 2.88 bits per heavy atom. The van der Waals surface area contributed by atoms with Crippen LogP contribution in [0, 0.1) is 17.2 Å². The highest BCUT2D eigenvalue weighted by atomic mass is 16.3. The summed E-state index contributed by atoms with van der Waals surface area (Å²) in [7, 11) is 0. The number of aliphatic hydroxyl groups excluding tert-OH is 2. The largest absolute Gasteiger partial charge is 0.396 e. The number of aromatic nitrogens is 2. The van der Waals surface area contributed by atoms with Gasteiger partial charge in [-0.05, 0) is 6.42 Å². The van der Waals surface area contributed by atoms with E-state index in [0.717, 1.165) is 0 Å². The highest BCUT2D eigenvalue weighted by Crippen LogP contribution is 2.23. The van der Waals surface area contributed by atoms with Gasteiger partial charge in [-0.1, -0.05) is 0 Å². The van der Waals surface area contributed by atoms with Gasteiger partial charge >= 0.3 is 0 Å². The van der Waals surface area contributed by atoms with Gasteiger partial charge in [-0.25, -0.2) is 9.97 Å². The minimum absolute atomic E-state index is 0.0133. The number of β-amino-alcohol motifs (C(OH)–C–C–N with tert-alkyl or cyclic N) is 1. The number of aliphatic hydroxyl groups is 2. The number of hydrogen-bond acceptors (Lipinski definition) is 6. The molecule has 0 unspecified atom stereocenters. The molecule has 0 aliphatic carbocycles. The summed E-state index contributed by atoms with van der Waals surface area (Å²) in [5.41, 5.74) is 0.266. The van der Waals surface area contributed by atoms with Crippen molar-refractivity contribution in [3.63, 3.8) is 0 Å². The lowest BCUT2D eigenvalue weighted by Gasteiger charge is -2.35. The lowest BCUT2D eigenvalue weighted by Crippen LogP contribution is -2.45. The third-order valence-electron chi connectivity index (χ3n) is 3.04. The van der Waals surface area contributed by atoms with Crippen molar-refractivity contribution in [1.29, 1.82) is 5.26 Å². The number of piperidine rings is 1. The van der Waals surface area contributed by atoms with Crippen molar-refractivity contribution < 1.29 is 10.2 Å². The van der Waals surface area contributed by atoms with Crippen LogP contribution in [0.5, 0.6) is 0 Å². The van der Waals surface area contributed by atoms with Crippen LogP contribution in [-0.2, 0) is 0 Å². The molecule has 1 aromatic rings. The summed E-state index contributed by atoms with van der Waals surface area (Å²) >= 11 is 0. The van der Waals surface area contributed by atoms with Gasteiger partial charge in [0.25, 0.3) is 0 Å². The average molecular weight is 234 g/mol. The minimum atomic E-state index is -0.595. The van der Waals surface area contributed by atoms with Gasteiger partial charge in [0.2, 0.25) is 0 Å². The molecule has 0 bridgehead atoms. The Kier molecular flexibility index (Phi) is 3.52. The van der Waals surface area contributed by atoms with E-state index in [9.17, 15) is 5.11 Å². The quantitative estimate of drug-likeness (QED) is 0.718. The summed E-state index contributed by atoms with van der Waals surface area (Å²) in [4.78, 5) is 9.90. The van der Waals surface area contributed by atoms with Crippen LogP contribution in [-0.4, -0.2) is 46.0 Å². The normalized spacial score (nSPS) is 24.4. The van der Waals surface area contributed by atoms with Crippen molar-refractivity contribution in [2.24, 2.45) is 5.92 Å². The minimum Gasteiger partial charge on any atom is -0.396 e. The molecule has 1 aliphatic rings. The highest BCUT2D eigenvalue weighted by molar-refractivity contribution is 5.49.